The Morgan fingerprint density at radius 2 is 2.30 bits per heavy atom. The Hall–Kier alpha value is -0.570. The summed E-state index contributed by atoms with van der Waals surface area (Å²) in [7, 11) is 0. The van der Waals surface area contributed by atoms with Crippen LogP contribution in [0.4, 0.5) is 0 Å². The molecule has 1 aliphatic carbocycles. The number of hydrogen-bond donors (Lipinski definition) is 2. The minimum Gasteiger partial charge on any atom is -0.481 e. The molecule has 3 heteroatoms. The van der Waals surface area contributed by atoms with E-state index in [1.54, 1.807) is 6.92 Å². The second kappa shape index (κ2) is 2.23. The van der Waals surface area contributed by atoms with E-state index >= 15 is 0 Å². The maximum atomic E-state index is 10.5. The molecule has 1 fully saturated rings. The lowest BCUT2D eigenvalue weighted by Crippen LogP contribution is -2.28. The molecule has 0 aromatic rings. The standard InChI is InChI=1S/C7H13NO2/c1-5(6(9)10)7(4-8)2-3-7/h5H,2-4,8H2,1H3,(H,9,10). The van der Waals surface area contributed by atoms with Gasteiger partial charge in [-0.3, -0.25) is 4.79 Å². The quantitative estimate of drug-likeness (QED) is 0.602. The number of hydrogen-bond acceptors (Lipinski definition) is 2. The Morgan fingerprint density at radius 3 is 2.40 bits per heavy atom. The van der Waals surface area contributed by atoms with Crippen LogP contribution in [0.5, 0.6) is 0 Å². The third kappa shape index (κ3) is 1.01. The largest absolute Gasteiger partial charge is 0.481 e. The van der Waals surface area contributed by atoms with Gasteiger partial charge in [0.2, 0.25) is 0 Å². The third-order valence-electron chi connectivity index (χ3n) is 2.59. The van der Waals surface area contributed by atoms with Gasteiger partial charge in [-0.1, -0.05) is 6.92 Å². The predicted octanol–water partition coefficient (Wildman–Crippen LogP) is 0.446. The second-order valence-electron chi connectivity index (χ2n) is 3.13. The summed E-state index contributed by atoms with van der Waals surface area (Å²) in [6.45, 7) is 2.25. The van der Waals surface area contributed by atoms with E-state index in [0.717, 1.165) is 12.8 Å². The lowest BCUT2D eigenvalue weighted by Gasteiger charge is -2.16. The zero-order valence-corrected chi connectivity index (χ0v) is 6.13. The van der Waals surface area contributed by atoms with E-state index in [2.05, 4.69) is 0 Å². The third-order valence-corrected chi connectivity index (χ3v) is 2.59. The van der Waals surface area contributed by atoms with E-state index in [-0.39, 0.29) is 11.3 Å². The lowest BCUT2D eigenvalue weighted by atomic mass is 9.91. The molecule has 10 heavy (non-hydrogen) atoms. The van der Waals surface area contributed by atoms with Crippen molar-refractivity contribution < 1.29 is 9.90 Å². The van der Waals surface area contributed by atoms with Gasteiger partial charge in [0.25, 0.3) is 0 Å². The van der Waals surface area contributed by atoms with Gasteiger partial charge in [0, 0.05) is 0 Å². The topological polar surface area (TPSA) is 63.3 Å². The van der Waals surface area contributed by atoms with Crippen LogP contribution < -0.4 is 5.73 Å². The lowest BCUT2D eigenvalue weighted by molar-refractivity contribution is -0.143. The molecule has 3 N–H and O–H groups in total. The van der Waals surface area contributed by atoms with Gasteiger partial charge in [-0.05, 0) is 24.8 Å². The van der Waals surface area contributed by atoms with Crippen molar-refractivity contribution in [3.05, 3.63) is 0 Å². The van der Waals surface area contributed by atoms with Crippen molar-refractivity contribution in [2.24, 2.45) is 17.1 Å². The maximum Gasteiger partial charge on any atom is 0.306 e. The summed E-state index contributed by atoms with van der Waals surface area (Å²) in [5.41, 5.74) is 5.39. The van der Waals surface area contributed by atoms with E-state index in [0.29, 0.717) is 6.54 Å². The minimum absolute atomic E-state index is 0.0498. The van der Waals surface area contributed by atoms with E-state index < -0.39 is 5.97 Å². The molecular weight excluding hydrogens is 130 g/mol. The van der Waals surface area contributed by atoms with Crippen LogP contribution in [-0.4, -0.2) is 17.6 Å². The highest BCUT2D eigenvalue weighted by Gasteiger charge is 2.48. The van der Waals surface area contributed by atoms with E-state index in [9.17, 15) is 4.79 Å². The number of carboxylic acids is 1. The molecule has 1 saturated carbocycles. The molecule has 1 unspecified atom stereocenters. The first-order valence-corrected chi connectivity index (χ1v) is 3.55. The molecule has 1 aliphatic rings. The number of aliphatic carboxylic acids is 1. The Morgan fingerprint density at radius 1 is 1.80 bits per heavy atom. The first kappa shape index (κ1) is 7.54. The van der Waals surface area contributed by atoms with Gasteiger partial charge < -0.3 is 10.8 Å². The summed E-state index contributed by atoms with van der Waals surface area (Å²) < 4.78 is 0. The summed E-state index contributed by atoms with van der Waals surface area (Å²) in [6, 6.07) is 0. The molecule has 58 valence electrons. The predicted molar refractivity (Wildman–Crippen MR) is 37.5 cm³/mol. The SMILES string of the molecule is CC(C(=O)O)C1(CN)CC1. The summed E-state index contributed by atoms with van der Waals surface area (Å²) in [5.74, 6) is -0.986. The van der Waals surface area contributed by atoms with Crippen LogP contribution in [0.3, 0.4) is 0 Å². The highest BCUT2D eigenvalue weighted by Crippen LogP contribution is 2.50. The monoisotopic (exact) mass is 143 g/mol. The van der Waals surface area contributed by atoms with Crippen LogP contribution in [0.1, 0.15) is 19.8 Å². The van der Waals surface area contributed by atoms with Gasteiger partial charge in [-0.15, -0.1) is 0 Å². The molecule has 3 nitrogen and oxygen atoms in total. The first-order chi connectivity index (χ1) is 4.62. The van der Waals surface area contributed by atoms with E-state index in [4.69, 9.17) is 10.8 Å². The fourth-order valence-corrected chi connectivity index (χ4v) is 1.24. The zero-order valence-electron chi connectivity index (χ0n) is 6.13. The summed E-state index contributed by atoms with van der Waals surface area (Å²) >= 11 is 0. The molecule has 1 atom stereocenters. The van der Waals surface area contributed by atoms with Gasteiger partial charge in [0.15, 0.2) is 0 Å². The number of nitrogens with two attached hydrogens (primary N) is 1. The minimum atomic E-state index is -0.719. The zero-order chi connectivity index (χ0) is 7.78. The Balaban J connectivity index is 2.55. The van der Waals surface area contributed by atoms with Gasteiger partial charge in [0.05, 0.1) is 5.92 Å². The average molecular weight is 143 g/mol. The Kier molecular flexibility index (Phi) is 1.68. The molecule has 0 heterocycles. The molecule has 0 aromatic heterocycles. The molecule has 0 spiro atoms. The van der Waals surface area contributed by atoms with E-state index in [1.807, 2.05) is 0 Å². The van der Waals surface area contributed by atoms with Crippen molar-refractivity contribution in [3.63, 3.8) is 0 Å². The van der Waals surface area contributed by atoms with Crippen LogP contribution in [-0.2, 0) is 4.79 Å². The normalized spacial score (nSPS) is 23.8. The molecular formula is C7H13NO2. The van der Waals surface area contributed by atoms with Crippen LogP contribution in [0.2, 0.25) is 0 Å². The highest BCUT2D eigenvalue weighted by molar-refractivity contribution is 5.71. The second-order valence-corrected chi connectivity index (χ2v) is 3.13. The maximum absolute atomic E-state index is 10.5. The van der Waals surface area contributed by atoms with Crippen LogP contribution in [0, 0.1) is 11.3 Å². The van der Waals surface area contributed by atoms with Crippen molar-refractivity contribution in [2.75, 3.05) is 6.54 Å². The fraction of sp³-hybridized carbons (Fsp3) is 0.857. The van der Waals surface area contributed by atoms with Crippen LogP contribution in [0.15, 0.2) is 0 Å². The summed E-state index contributed by atoms with van der Waals surface area (Å²) in [5, 5.41) is 8.63. The van der Waals surface area contributed by atoms with Crippen LogP contribution in [0.25, 0.3) is 0 Å². The average Bonchev–Trinajstić information content (AvgIpc) is 2.66. The van der Waals surface area contributed by atoms with Crippen molar-refractivity contribution in [2.45, 2.75) is 19.8 Å². The smallest absolute Gasteiger partial charge is 0.306 e. The Labute approximate surface area is 60.2 Å². The first-order valence-electron chi connectivity index (χ1n) is 3.55. The number of carboxylic acid groups (broad SMARTS) is 1. The summed E-state index contributed by atoms with van der Waals surface area (Å²) in [6.07, 6.45) is 1.97. The van der Waals surface area contributed by atoms with Gasteiger partial charge in [0.1, 0.15) is 0 Å². The summed E-state index contributed by atoms with van der Waals surface area (Å²) in [4.78, 5) is 10.5. The van der Waals surface area contributed by atoms with E-state index in [1.165, 1.54) is 0 Å². The molecule has 0 radical (unpaired) electrons. The van der Waals surface area contributed by atoms with Crippen molar-refractivity contribution >= 4 is 5.97 Å². The van der Waals surface area contributed by atoms with Gasteiger partial charge in [-0.25, -0.2) is 0 Å². The molecule has 0 aliphatic heterocycles. The van der Waals surface area contributed by atoms with Crippen LogP contribution >= 0.6 is 0 Å². The molecule has 0 saturated heterocycles. The molecule has 1 rings (SSSR count). The van der Waals surface area contributed by atoms with Crippen molar-refractivity contribution in [3.8, 4) is 0 Å². The van der Waals surface area contributed by atoms with Crippen molar-refractivity contribution in [1.82, 2.24) is 0 Å². The molecule has 0 amide bonds. The Bertz CT molecular complexity index is 152. The molecule has 0 bridgehead atoms. The molecule has 0 aromatic carbocycles. The van der Waals surface area contributed by atoms with Crippen molar-refractivity contribution in [1.29, 1.82) is 0 Å². The fourth-order valence-electron chi connectivity index (χ4n) is 1.24. The van der Waals surface area contributed by atoms with Gasteiger partial charge >= 0.3 is 5.97 Å². The van der Waals surface area contributed by atoms with Gasteiger partial charge in [-0.2, -0.15) is 0 Å². The number of carbonyl (C=O) groups is 1. The number of rotatable bonds is 3. The highest BCUT2D eigenvalue weighted by atomic mass is 16.4.